The third kappa shape index (κ3) is 5.26. The lowest BCUT2D eigenvalue weighted by molar-refractivity contribution is -0.137. The van der Waals surface area contributed by atoms with Crippen LogP contribution < -0.4 is 15.1 Å². The second-order valence-corrected chi connectivity index (χ2v) is 9.53. The van der Waals surface area contributed by atoms with Crippen LogP contribution in [-0.2, 0) is 21.2 Å². The molecule has 0 aliphatic rings. The first-order chi connectivity index (χ1) is 15.1. The van der Waals surface area contributed by atoms with Crippen LogP contribution in [0.1, 0.15) is 38.3 Å². The van der Waals surface area contributed by atoms with Gasteiger partial charge in [0.25, 0.3) is 0 Å². The minimum absolute atomic E-state index is 0.0729. The van der Waals surface area contributed by atoms with Crippen LogP contribution >= 0.6 is 0 Å². The molecule has 170 valence electrons. The molecule has 3 aromatic rings. The maximum Gasteiger partial charge on any atom is 0.336 e. The molecule has 3 rings (SSSR count). The molecule has 0 saturated carbocycles. The Hall–Kier alpha value is -2.97. The van der Waals surface area contributed by atoms with Gasteiger partial charge >= 0.3 is 11.6 Å². The van der Waals surface area contributed by atoms with Gasteiger partial charge in [-0.25, -0.2) is 18.0 Å². The molecule has 0 aliphatic heterocycles. The van der Waals surface area contributed by atoms with Gasteiger partial charge in [0.05, 0.1) is 4.90 Å². The smallest absolute Gasteiger partial charge is 0.336 e. The van der Waals surface area contributed by atoms with Crippen molar-refractivity contribution >= 4 is 27.0 Å². The van der Waals surface area contributed by atoms with E-state index in [9.17, 15) is 18.0 Å². The van der Waals surface area contributed by atoms with Crippen LogP contribution in [0.4, 0.5) is 0 Å². The highest BCUT2D eigenvalue weighted by Crippen LogP contribution is 2.24. The topological polar surface area (TPSA) is 103 Å². The van der Waals surface area contributed by atoms with Gasteiger partial charge in [0.15, 0.2) is 0 Å². The number of hydrogen-bond donors (Lipinski definition) is 1. The summed E-state index contributed by atoms with van der Waals surface area (Å²) in [5.74, 6) is -0.877. The Kier molecular flexibility index (Phi) is 7.16. The van der Waals surface area contributed by atoms with E-state index in [0.29, 0.717) is 18.4 Å². The molecule has 2 atom stereocenters. The summed E-state index contributed by atoms with van der Waals surface area (Å²) in [6.45, 7) is 7.43. The molecule has 0 fully saturated rings. The van der Waals surface area contributed by atoms with Crippen molar-refractivity contribution in [2.24, 2.45) is 5.92 Å². The van der Waals surface area contributed by atoms with Crippen LogP contribution in [0.15, 0.2) is 62.6 Å². The van der Waals surface area contributed by atoms with E-state index in [1.54, 1.807) is 31.2 Å². The molecule has 0 saturated heterocycles. The van der Waals surface area contributed by atoms with Crippen LogP contribution in [0, 0.1) is 12.8 Å². The third-order valence-corrected chi connectivity index (χ3v) is 6.94. The lowest BCUT2D eigenvalue weighted by atomic mass is 10.0. The van der Waals surface area contributed by atoms with Gasteiger partial charge in [-0.15, -0.1) is 0 Å². The first-order valence-corrected chi connectivity index (χ1v) is 12.0. The summed E-state index contributed by atoms with van der Waals surface area (Å²) in [5.41, 5.74) is 1.58. The van der Waals surface area contributed by atoms with Crippen LogP contribution in [0.25, 0.3) is 11.0 Å². The number of nitrogens with one attached hydrogen (secondary N) is 1. The monoisotopic (exact) mass is 457 g/mol. The van der Waals surface area contributed by atoms with Crippen molar-refractivity contribution in [3.05, 3.63) is 70.1 Å². The Morgan fingerprint density at radius 2 is 1.78 bits per heavy atom. The molecular weight excluding hydrogens is 430 g/mol. The molecule has 0 amide bonds. The second kappa shape index (κ2) is 9.67. The van der Waals surface area contributed by atoms with Crippen LogP contribution in [0.3, 0.4) is 0 Å². The zero-order valence-electron chi connectivity index (χ0n) is 18.5. The zero-order valence-corrected chi connectivity index (χ0v) is 19.4. The van der Waals surface area contributed by atoms with Crippen LogP contribution in [0.5, 0.6) is 5.75 Å². The number of hydrogen-bond acceptors (Lipinski definition) is 6. The van der Waals surface area contributed by atoms with E-state index < -0.39 is 27.7 Å². The molecule has 0 aliphatic carbocycles. The Morgan fingerprint density at radius 1 is 1.09 bits per heavy atom. The SMILES string of the molecule is CCc1cc(=O)oc2cc(OC(=O)[C@@H](NS(=O)(=O)c3ccc(C)cc3)[C@@H](C)CC)ccc12. The summed E-state index contributed by atoms with van der Waals surface area (Å²) in [6.07, 6.45) is 1.21. The molecule has 0 spiro atoms. The van der Waals surface area contributed by atoms with E-state index in [1.807, 2.05) is 20.8 Å². The number of aryl methyl sites for hydroxylation is 2. The fourth-order valence-corrected chi connectivity index (χ4v) is 4.62. The fraction of sp³-hybridized carbons (Fsp3) is 0.333. The van der Waals surface area contributed by atoms with Crippen molar-refractivity contribution in [2.75, 3.05) is 0 Å². The van der Waals surface area contributed by atoms with Gasteiger partial charge in [-0.05, 0) is 49.1 Å². The van der Waals surface area contributed by atoms with Crippen LogP contribution in [0.2, 0.25) is 0 Å². The molecule has 8 heteroatoms. The van der Waals surface area contributed by atoms with E-state index in [4.69, 9.17) is 9.15 Å². The average molecular weight is 458 g/mol. The molecule has 7 nitrogen and oxygen atoms in total. The number of ether oxygens (including phenoxy) is 1. The Morgan fingerprint density at radius 3 is 2.41 bits per heavy atom. The maximum absolute atomic E-state index is 13.0. The van der Waals surface area contributed by atoms with Gasteiger partial charge < -0.3 is 9.15 Å². The summed E-state index contributed by atoms with van der Waals surface area (Å²) in [7, 11) is -3.93. The summed E-state index contributed by atoms with van der Waals surface area (Å²) in [6, 6.07) is 11.5. The van der Waals surface area contributed by atoms with E-state index in [1.165, 1.54) is 24.3 Å². The molecule has 0 unspecified atom stereocenters. The lowest BCUT2D eigenvalue weighted by Gasteiger charge is -2.22. The average Bonchev–Trinajstić information content (AvgIpc) is 2.76. The number of sulfonamides is 1. The highest BCUT2D eigenvalue weighted by Gasteiger charge is 2.31. The van der Waals surface area contributed by atoms with Crippen molar-refractivity contribution < 1.29 is 22.4 Å². The van der Waals surface area contributed by atoms with Crippen molar-refractivity contribution in [2.45, 2.75) is 51.5 Å². The van der Waals surface area contributed by atoms with Gasteiger partial charge in [-0.3, -0.25) is 0 Å². The summed E-state index contributed by atoms with van der Waals surface area (Å²) < 4.78 is 38.9. The quantitative estimate of drug-likeness (QED) is 0.312. The molecule has 1 N–H and O–H groups in total. The van der Waals surface area contributed by atoms with Crippen molar-refractivity contribution in [3.63, 3.8) is 0 Å². The van der Waals surface area contributed by atoms with Gasteiger partial charge in [-0.2, -0.15) is 4.72 Å². The highest BCUT2D eigenvalue weighted by molar-refractivity contribution is 7.89. The highest BCUT2D eigenvalue weighted by atomic mass is 32.2. The number of fused-ring (bicyclic) bond motifs is 1. The largest absolute Gasteiger partial charge is 0.425 e. The number of carbonyl (C=O) groups excluding carboxylic acids is 1. The molecule has 1 aromatic heterocycles. The third-order valence-electron chi connectivity index (χ3n) is 5.48. The number of rotatable bonds is 8. The fourth-order valence-electron chi connectivity index (χ4n) is 3.33. The molecule has 0 bridgehead atoms. The Balaban J connectivity index is 1.88. The van der Waals surface area contributed by atoms with Crippen molar-refractivity contribution in [1.82, 2.24) is 4.72 Å². The molecule has 0 radical (unpaired) electrons. The number of carbonyl (C=O) groups is 1. The van der Waals surface area contributed by atoms with Crippen molar-refractivity contribution in [3.8, 4) is 5.75 Å². The summed E-state index contributed by atoms with van der Waals surface area (Å²) >= 11 is 0. The van der Waals surface area contributed by atoms with Crippen LogP contribution in [-0.4, -0.2) is 20.4 Å². The van der Waals surface area contributed by atoms with Crippen molar-refractivity contribution in [1.29, 1.82) is 0 Å². The zero-order chi connectivity index (χ0) is 23.5. The molecule has 32 heavy (non-hydrogen) atoms. The predicted octanol–water partition coefficient (Wildman–Crippen LogP) is 3.96. The minimum atomic E-state index is -3.93. The van der Waals surface area contributed by atoms with E-state index in [2.05, 4.69) is 4.72 Å². The number of benzene rings is 2. The van der Waals surface area contributed by atoms with Gasteiger partial charge in [0.2, 0.25) is 10.0 Å². The molecule has 2 aromatic carbocycles. The number of esters is 1. The van der Waals surface area contributed by atoms with E-state index in [0.717, 1.165) is 16.5 Å². The first-order valence-electron chi connectivity index (χ1n) is 10.5. The second-order valence-electron chi connectivity index (χ2n) is 7.82. The summed E-state index contributed by atoms with van der Waals surface area (Å²) in [4.78, 5) is 24.8. The van der Waals surface area contributed by atoms with Gasteiger partial charge in [-0.1, -0.05) is 44.9 Å². The first kappa shape index (κ1) is 23.7. The summed E-state index contributed by atoms with van der Waals surface area (Å²) in [5, 5.41) is 0.755. The molecular formula is C24H27NO6S. The Bertz CT molecular complexity index is 1280. The van der Waals surface area contributed by atoms with Gasteiger partial charge in [0.1, 0.15) is 17.4 Å². The maximum atomic E-state index is 13.0. The van der Waals surface area contributed by atoms with E-state index >= 15 is 0 Å². The minimum Gasteiger partial charge on any atom is -0.425 e. The Labute approximate surface area is 187 Å². The van der Waals surface area contributed by atoms with E-state index in [-0.39, 0.29) is 16.6 Å². The lowest BCUT2D eigenvalue weighted by Crippen LogP contribution is -2.46. The predicted molar refractivity (Wildman–Crippen MR) is 122 cm³/mol. The van der Waals surface area contributed by atoms with Gasteiger partial charge in [0, 0.05) is 17.5 Å². The normalized spacial score (nSPS) is 13.6. The standard InChI is InChI=1S/C24H27NO6S/c1-5-16(4)23(25-32(28,29)19-10-7-15(3)8-11-19)24(27)30-18-9-12-20-17(6-2)13-22(26)31-21(20)14-18/h7-14,16,23,25H,5-6H2,1-4H3/t16-,23-/m0/s1. The molecule has 1 heterocycles.